The number of benzene rings is 2. The van der Waals surface area contributed by atoms with Gasteiger partial charge in [-0.1, -0.05) is 38.3 Å². The molecule has 0 aromatic heterocycles. The van der Waals surface area contributed by atoms with E-state index in [-0.39, 0.29) is 5.92 Å². The predicted octanol–water partition coefficient (Wildman–Crippen LogP) is 6.67. The zero-order chi connectivity index (χ0) is 22.9. The van der Waals surface area contributed by atoms with Crippen LogP contribution in [0.25, 0.3) is 0 Å². The van der Waals surface area contributed by atoms with Gasteiger partial charge in [-0.25, -0.2) is 4.39 Å². The molecule has 0 atom stereocenters. The van der Waals surface area contributed by atoms with E-state index in [4.69, 9.17) is 14.7 Å². The second-order valence-electron chi connectivity index (χ2n) is 8.30. The largest absolute Gasteiger partial charge is 0.494 e. The fraction of sp³-hybridized carbons (Fsp3) is 0.462. The van der Waals surface area contributed by atoms with Crippen molar-refractivity contribution >= 4 is 5.97 Å². The maximum atomic E-state index is 14.0. The number of nitriles is 1. The number of esters is 1. The summed E-state index contributed by atoms with van der Waals surface area (Å²) in [6, 6.07) is 11.9. The number of unbranched alkanes of at least 4 members (excludes halogenated alkanes) is 3. The molecule has 1 fully saturated rings. The van der Waals surface area contributed by atoms with Crippen molar-refractivity contribution in [3.63, 3.8) is 0 Å². The van der Waals surface area contributed by atoms with Gasteiger partial charge in [0.15, 0.2) is 11.6 Å². The third kappa shape index (κ3) is 6.06. The molecule has 3 rings (SSSR count). The minimum Gasteiger partial charge on any atom is -0.494 e. The Hall–Kier alpha value is -2.94. The Kier molecular flexibility index (Phi) is 8.61. The molecule has 0 spiro atoms. The van der Waals surface area contributed by atoms with Gasteiger partial charge in [0.2, 0.25) is 5.82 Å². The van der Waals surface area contributed by atoms with Crippen molar-refractivity contribution < 1.29 is 23.0 Å². The second-order valence-corrected chi connectivity index (χ2v) is 8.30. The third-order valence-corrected chi connectivity index (χ3v) is 6.06. The molecule has 2 aromatic rings. The maximum Gasteiger partial charge on any atom is 0.314 e. The van der Waals surface area contributed by atoms with E-state index in [1.165, 1.54) is 24.8 Å². The first-order chi connectivity index (χ1) is 15.5. The first-order valence-corrected chi connectivity index (χ1v) is 11.4. The van der Waals surface area contributed by atoms with Gasteiger partial charge in [0.25, 0.3) is 0 Å². The van der Waals surface area contributed by atoms with Crippen LogP contribution in [0.15, 0.2) is 36.4 Å². The topological polar surface area (TPSA) is 59.3 Å². The Balaban J connectivity index is 1.48. The van der Waals surface area contributed by atoms with Crippen molar-refractivity contribution in [2.45, 2.75) is 64.2 Å². The summed E-state index contributed by atoms with van der Waals surface area (Å²) in [4.78, 5) is 12.4. The number of rotatable bonds is 9. The highest BCUT2D eigenvalue weighted by Gasteiger charge is 2.29. The molecule has 1 aliphatic rings. The molecule has 0 amide bonds. The first kappa shape index (κ1) is 23.7. The van der Waals surface area contributed by atoms with Crippen LogP contribution in [0, 0.1) is 28.9 Å². The zero-order valence-electron chi connectivity index (χ0n) is 18.4. The van der Waals surface area contributed by atoms with Crippen LogP contribution in [-0.4, -0.2) is 12.6 Å². The number of nitrogens with zero attached hydrogens (tertiary/aromatic N) is 1. The Bertz CT molecular complexity index is 945. The number of hydrogen-bond acceptors (Lipinski definition) is 4. The molecular weight excluding hydrogens is 412 g/mol. The smallest absolute Gasteiger partial charge is 0.314 e. The molecule has 6 heteroatoms. The highest BCUT2D eigenvalue weighted by Crippen LogP contribution is 2.37. The zero-order valence-corrected chi connectivity index (χ0v) is 18.4. The van der Waals surface area contributed by atoms with Gasteiger partial charge in [-0.2, -0.15) is 9.65 Å². The van der Waals surface area contributed by atoms with Crippen LogP contribution in [0.1, 0.15) is 75.3 Å². The van der Waals surface area contributed by atoms with E-state index in [0.29, 0.717) is 18.8 Å². The highest BCUT2D eigenvalue weighted by atomic mass is 19.2. The van der Waals surface area contributed by atoms with Crippen LogP contribution in [0.5, 0.6) is 11.5 Å². The summed E-state index contributed by atoms with van der Waals surface area (Å²) in [6.07, 6.45) is 7.58. The Morgan fingerprint density at radius 2 is 1.72 bits per heavy atom. The van der Waals surface area contributed by atoms with E-state index in [2.05, 4.69) is 19.1 Å². The average Bonchev–Trinajstić information content (AvgIpc) is 2.82. The molecule has 0 saturated heterocycles. The molecule has 1 saturated carbocycles. The number of halogens is 2. The average molecular weight is 442 g/mol. The van der Waals surface area contributed by atoms with Crippen LogP contribution in [0.2, 0.25) is 0 Å². The van der Waals surface area contributed by atoms with Crippen LogP contribution >= 0.6 is 0 Å². The number of carbonyl (C=O) groups is 1. The molecule has 0 radical (unpaired) electrons. The van der Waals surface area contributed by atoms with E-state index in [1.54, 1.807) is 6.07 Å². The lowest BCUT2D eigenvalue weighted by atomic mass is 9.79. The maximum absolute atomic E-state index is 14.0. The Morgan fingerprint density at radius 3 is 2.38 bits per heavy atom. The minimum absolute atomic E-state index is 0.349. The molecule has 0 heterocycles. The molecule has 0 bridgehead atoms. The fourth-order valence-electron chi connectivity index (χ4n) is 4.11. The van der Waals surface area contributed by atoms with Gasteiger partial charge >= 0.3 is 5.97 Å². The van der Waals surface area contributed by atoms with E-state index < -0.39 is 28.9 Å². The Morgan fingerprint density at radius 1 is 1.00 bits per heavy atom. The SMILES string of the molecule is CCCCCCOc1ccc(C2CCC(C(=O)Oc3ccc(C#N)c(F)c3F)CC2)cc1. The first-order valence-electron chi connectivity index (χ1n) is 11.4. The predicted molar refractivity (Wildman–Crippen MR) is 117 cm³/mol. The van der Waals surface area contributed by atoms with Gasteiger partial charge in [0.05, 0.1) is 18.1 Å². The van der Waals surface area contributed by atoms with E-state index in [9.17, 15) is 13.6 Å². The lowest BCUT2D eigenvalue weighted by Gasteiger charge is -2.27. The molecule has 0 aliphatic heterocycles. The molecule has 1 aliphatic carbocycles. The fourth-order valence-corrected chi connectivity index (χ4v) is 4.11. The van der Waals surface area contributed by atoms with E-state index in [0.717, 1.165) is 43.8 Å². The van der Waals surface area contributed by atoms with Crippen molar-refractivity contribution in [1.29, 1.82) is 5.26 Å². The number of carbonyl (C=O) groups excluding carboxylic acids is 1. The summed E-state index contributed by atoms with van der Waals surface area (Å²) in [5.74, 6) is -2.76. The van der Waals surface area contributed by atoms with Gasteiger partial charge in [-0.3, -0.25) is 4.79 Å². The molecule has 4 nitrogen and oxygen atoms in total. The lowest BCUT2D eigenvalue weighted by molar-refractivity contribution is -0.140. The summed E-state index contributed by atoms with van der Waals surface area (Å²) >= 11 is 0. The van der Waals surface area contributed by atoms with Gasteiger partial charge < -0.3 is 9.47 Å². The molecular formula is C26H29F2NO3. The molecule has 170 valence electrons. The van der Waals surface area contributed by atoms with Crippen molar-refractivity contribution in [3.05, 3.63) is 59.2 Å². The third-order valence-electron chi connectivity index (χ3n) is 6.06. The van der Waals surface area contributed by atoms with Crippen LogP contribution in [0.4, 0.5) is 8.78 Å². The van der Waals surface area contributed by atoms with E-state index >= 15 is 0 Å². The van der Waals surface area contributed by atoms with Crippen LogP contribution in [0.3, 0.4) is 0 Å². The summed E-state index contributed by atoms with van der Waals surface area (Å²) in [7, 11) is 0. The van der Waals surface area contributed by atoms with Crippen LogP contribution < -0.4 is 9.47 Å². The summed E-state index contributed by atoms with van der Waals surface area (Å²) < 4.78 is 38.7. The Labute approximate surface area is 188 Å². The van der Waals surface area contributed by atoms with Crippen molar-refractivity contribution in [3.8, 4) is 17.6 Å². The molecule has 0 N–H and O–H groups in total. The van der Waals surface area contributed by atoms with E-state index in [1.807, 2.05) is 12.1 Å². The standard InChI is InChI=1S/C26H29F2NO3/c1-2-3-4-5-16-31-22-13-10-19(11-14-22)18-6-8-20(9-7-18)26(30)32-23-15-12-21(17-29)24(27)25(23)28/h10-15,18,20H,2-9,16H2,1H3. The van der Waals surface area contributed by atoms with Crippen LogP contribution in [-0.2, 0) is 4.79 Å². The number of hydrogen-bond donors (Lipinski definition) is 0. The molecule has 0 unspecified atom stereocenters. The van der Waals surface area contributed by atoms with Gasteiger partial charge in [-0.15, -0.1) is 0 Å². The summed E-state index contributed by atoms with van der Waals surface area (Å²) in [5.41, 5.74) is 0.797. The van der Waals surface area contributed by atoms with Crippen molar-refractivity contribution in [1.82, 2.24) is 0 Å². The molecule has 2 aromatic carbocycles. The number of ether oxygens (including phenoxy) is 2. The summed E-state index contributed by atoms with van der Waals surface area (Å²) in [6.45, 7) is 2.92. The molecule has 32 heavy (non-hydrogen) atoms. The lowest BCUT2D eigenvalue weighted by Crippen LogP contribution is -2.25. The quantitative estimate of drug-likeness (QED) is 0.248. The summed E-state index contributed by atoms with van der Waals surface area (Å²) in [5, 5.41) is 8.75. The van der Waals surface area contributed by atoms with Gasteiger partial charge in [0, 0.05) is 0 Å². The second kappa shape index (κ2) is 11.6. The highest BCUT2D eigenvalue weighted by molar-refractivity contribution is 5.75. The van der Waals surface area contributed by atoms with Gasteiger partial charge in [0.1, 0.15) is 11.8 Å². The van der Waals surface area contributed by atoms with Crippen molar-refractivity contribution in [2.24, 2.45) is 5.92 Å². The van der Waals surface area contributed by atoms with Gasteiger partial charge in [-0.05, 0) is 67.9 Å². The van der Waals surface area contributed by atoms with Crippen molar-refractivity contribution in [2.75, 3.05) is 6.61 Å². The normalized spacial score (nSPS) is 18.1. The minimum atomic E-state index is -1.31. The monoisotopic (exact) mass is 441 g/mol.